The predicted molar refractivity (Wildman–Crippen MR) is 92.1 cm³/mol. The zero-order valence-electron chi connectivity index (χ0n) is 14.4. The van der Waals surface area contributed by atoms with Crippen molar-refractivity contribution in [2.24, 2.45) is 0 Å². The highest BCUT2D eigenvalue weighted by Crippen LogP contribution is 2.21. The van der Waals surface area contributed by atoms with Gasteiger partial charge in [-0.05, 0) is 52.1 Å². The summed E-state index contributed by atoms with van der Waals surface area (Å²) in [6, 6.07) is 3.86. The monoisotopic (exact) mass is 338 g/mol. The third-order valence-electron chi connectivity index (χ3n) is 3.74. The summed E-state index contributed by atoms with van der Waals surface area (Å²) in [6.45, 7) is 7.42. The fourth-order valence-electron chi connectivity index (χ4n) is 2.77. The molecular weight excluding hydrogens is 312 g/mol. The molecule has 0 aliphatic carbocycles. The van der Waals surface area contributed by atoms with Gasteiger partial charge in [0.1, 0.15) is 5.60 Å². The standard InChI is InChI=1S/C17H26N2O3S/c1-17(2,3)22-16(21)19-9-5-7-13(19)11-18(4)12-14(20)15-8-6-10-23-15/h6,8,10,13H,5,7,9,11-12H2,1-4H3. The number of nitrogens with zero attached hydrogens (tertiary/aromatic N) is 2. The Hall–Kier alpha value is -1.40. The van der Waals surface area contributed by atoms with E-state index < -0.39 is 5.60 Å². The number of Topliss-reactive ketones (excluding diaryl/α,β-unsaturated/α-hetero) is 1. The number of carbonyl (C=O) groups excluding carboxylic acids is 2. The Morgan fingerprint density at radius 2 is 2.17 bits per heavy atom. The normalized spacial score (nSPS) is 18.5. The SMILES string of the molecule is CN(CC(=O)c1cccs1)CC1CCCN1C(=O)OC(C)(C)C. The van der Waals surface area contributed by atoms with Crippen LogP contribution in [-0.2, 0) is 4.74 Å². The maximum atomic E-state index is 12.3. The second-order valence-corrected chi connectivity index (χ2v) is 8.01. The van der Waals surface area contributed by atoms with Crippen LogP contribution in [0.15, 0.2) is 17.5 Å². The van der Waals surface area contributed by atoms with Crippen LogP contribution in [0.25, 0.3) is 0 Å². The minimum absolute atomic E-state index is 0.117. The van der Waals surface area contributed by atoms with Crippen LogP contribution in [0.5, 0.6) is 0 Å². The zero-order chi connectivity index (χ0) is 17.0. The number of rotatable bonds is 5. The Labute approximate surface area is 142 Å². The summed E-state index contributed by atoms with van der Waals surface area (Å²) < 4.78 is 5.48. The van der Waals surface area contributed by atoms with Crippen LogP contribution in [0.2, 0.25) is 0 Å². The number of likely N-dealkylation sites (N-methyl/N-ethyl adjacent to an activating group) is 1. The quantitative estimate of drug-likeness (QED) is 0.773. The molecule has 1 fully saturated rings. The van der Waals surface area contributed by atoms with Crippen LogP contribution in [0.1, 0.15) is 43.3 Å². The molecule has 2 heterocycles. The molecule has 1 saturated heterocycles. The molecule has 0 saturated carbocycles. The lowest BCUT2D eigenvalue weighted by Crippen LogP contribution is -2.45. The number of hydrogen-bond acceptors (Lipinski definition) is 5. The first-order chi connectivity index (χ1) is 10.8. The Morgan fingerprint density at radius 1 is 1.43 bits per heavy atom. The van der Waals surface area contributed by atoms with Crippen LogP contribution in [0.4, 0.5) is 4.79 Å². The molecule has 5 nitrogen and oxygen atoms in total. The third kappa shape index (κ3) is 5.32. The second kappa shape index (κ2) is 7.45. The minimum atomic E-state index is -0.481. The van der Waals surface area contributed by atoms with Crippen LogP contribution < -0.4 is 0 Å². The van der Waals surface area contributed by atoms with Crippen LogP contribution in [0, 0.1) is 0 Å². The van der Waals surface area contributed by atoms with E-state index in [1.807, 2.05) is 50.2 Å². The summed E-state index contributed by atoms with van der Waals surface area (Å²) in [6.07, 6.45) is 1.69. The topological polar surface area (TPSA) is 49.9 Å². The van der Waals surface area contributed by atoms with Crippen molar-refractivity contribution in [3.05, 3.63) is 22.4 Å². The molecule has 1 aliphatic rings. The predicted octanol–water partition coefficient (Wildman–Crippen LogP) is 3.26. The first-order valence-electron chi connectivity index (χ1n) is 8.01. The van der Waals surface area contributed by atoms with Gasteiger partial charge in [0.25, 0.3) is 0 Å². The molecule has 6 heteroatoms. The van der Waals surface area contributed by atoms with Crippen LogP contribution in [-0.4, -0.2) is 60.0 Å². The first-order valence-corrected chi connectivity index (χ1v) is 8.89. The maximum Gasteiger partial charge on any atom is 0.410 e. The van der Waals surface area contributed by atoms with Gasteiger partial charge in [0.05, 0.1) is 11.4 Å². The fourth-order valence-corrected chi connectivity index (χ4v) is 3.43. The minimum Gasteiger partial charge on any atom is -0.444 e. The molecule has 1 aromatic heterocycles. The average molecular weight is 338 g/mol. The van der Waals surface area contributed by atoms with Crippen LogP contribution in [0.3, 0.4) is 0 Å². The smallest absolute Gasteiger partial charge is 0.410 e. The van der Waals surface area contributed by atoms with E-state index in [4.69, 9.17) is 4.74 Å². The van der Waals surface area contributed by atoms with E-state index in [9.17, 15) is 9.59 Å². The molecule has 1 amide bonds. The lowest BCUT2D eigenvalue weighted by molar-refractivity contribution is 0.0205. The first kappa shape index (κ1) is 17.9. The Bertz CT molecular complexity index is 537. The van der Waals surface area contributed by atoms with Crippen molar-refractivity contribution in [3.63, 3.8) is 0 Å². The van der Waals surface area contributed by atoms with Gasteiger partial charge >= 0.3 is 6.09 Å². The maximum absolute atomic E-state index is 12.3. The van der Waals surface area contributed by atoms with Gasteiger partial charge in [-0.3, -0.25) is 9.69 Å². The van der Waals surface area contributed by atoms with E-state index in [-0.39, 0.29) is 17.9 Å². The number of thiophene rings is 1. The van der Waals surface area contributed by atoms with Gasteiger partial charge in [0, 0.05) is 19.1 Å². The van der Waals surface area contributed by atoms with Gasteiger partial charge < -0.3 is 9.64 Å². The van der Waals surface area contributed by atoms with Gasteiger partial charge in [0.2, 0.25) is 0 Å². The fraction of sp³-hybridized carbons (Fsp3) is 0.647. The lowest BCUT2D eigenvalue weighted by atomic mass is 10.2. The third-order valence-corrected chi connectivity index (χ3v) is 4.65. The molecule has 1 unspecified atom stereocenters. The summed E-state index contributed by atoms with van der Waals surface area (Å²) in [7, 11) is 1.93. The number of likely N-dealkylation sites (tertiary alicyclic amines) is 1. The molecule has 0 radical (unpaired) electrons. The summed E-state index contributed by atoms with van der Waals surface area (Å²) in [5.41, 5.74) is -0.481. The Morgan fingerprint density at radius 3 is 2.78 bits per heavy atom. The van der Waals surface area contributed by atoms with Gasteiger partial charge in [-0.15, -0.1) is 11.3 Å². The average Bonchev–Trinajstić information content (AvgIpc) is 3.06. The van der Waals surface area contributed by atoms with Gasteiger partial charge in [0.15, 0.2) is 5.78 Å². The molecule has 0 bridgehead atoms. The van der Waals surface area contributed by atoms with E-state index in [2.05, 4.69) is 0 Å². The molecular formula is C17H26N2O3S. The second-order valence-electron chi connectivity index (χ2n) is 7.07. The van der Waals surface area contributed by atoms with E-state index in [0.29, 0.717) is 13.1 Å². The number of hydrogen-bond donors (Lipinski definition) is 0. The largest absolute Gasteiger partial charge is 0.444 e. The summed E-state index contributed by atoms with van der Waals surface area (Å²) >= 11 is 1.47. The van der Waals surface area contributed by atoms with Crippen molar-refractivity contribution < 1.29 is 14.3 Å². The highest BCUT2D eigenvalue weighted by Gasteiger charge is 2.32. The van der Waals surface area contributed by atoms with Gasteiger partial charge in [-0.25, -0.2) is 4.79 Å². The highest BCUT2D eigenvalue weighted by molar-refractivity contribution is 7.12. The van der Waals surface area contributed by atoms with Crippen molar-refractivity contribution >= 4 is 23.2 Å². The van der Waals surface area contributed by atoms with Crippen LogP contribution >= 0.6 is 11.3 Å². The van der Waals surface area contributed by atoms with Gasteiger partial charge in [-0.2, -0.15) is 0 Å². The number of ether oxygens (including phenoxy) is 1. The van der Waals surface area contributed by atoms with Crippen molar-refractivity contribution in [3.8, 4) is 0 Å². The van der Waals surface area contributed by atoms with E-state index in [1.165, 1.54) is 11.3 Å². The summed E-state index contributed by atoms with van der Waals surface area (Å²) in [5.74, 6) is 0.129. The van der Waals surface area contributed by atoms with Crippen molar-refractivity contribution in [1.29, 1.82) is 0 Å². The molecule has 0 spiro atoms. The summed E-state index contributed by atoms with van der Waals surface area (Å²) in [4.78, 5) is 29.0. The molecule has 1 aliphatic heterocycles. The van der Waals surface area contributed by atoms with Crippen molar-refractivity contribution in [1.82, 2.24) is 9.80 Å². The van der Waals surface area contributed by atoms with E-state index >= 15 is 0 Å². The van der Waals surface area contributed by atoms with E-state index in [1.54, 1.807) is 4.90 Å². The summed E-state index contributed by atoms with van der Waals surface area (Å²) in [5, 5.41) is 1.91. The molecule has 128 valence electrons. The van der Waals surface area contributed by atoms with Crippen molar-refractivity contribution in [2.45, 2.75) is 45.3 Å². The number of amides is 1. The lowest BCUT2D eigenvalue weighted by Gasteiger charge is -2.30. The van der Waals surface area contributed by atoms with E-state index in [0.717, 1.165) is 24.3 Å². The molecule has 0 aromatic carbocycles. The molecule has 1 atom stereocenters. The van der Waals surface area contributed by atoms with Crippen molar-refractivity contribution in [2.75, 3.05) is 26.7 Å². The Kier molecular flexibility index (Phi) is 5.81. The van der Waals surface area contributed by atoms with Gasteiger partial charge in [-0.1, -0.05) is 6.07 Å². The number of carbonyl (C=O) groups is 2. The molecule has 23 heavy (non-hydrogen) atoms. The highest BCUT2D eigenvalue weighted by atomic mass is 32.1. The molecule has 0 N–H and O–H groups in total. The Balaban J connectivity index is 1.88. The number of ketones is 1. The molecule has 1 aromatic rings. The molecule has 2 rings (SSSR count). The zero-order valence-corrected chi connectivity index (χ0v) is 15.2.